The van der Waals surface area contributed by atoms with Crippen LogP contribution in [0.1, 0.15) is 18.4 Å². The van der Waals surface area contributed by atoms with Gasteiger partial charge in [0.05, 0.1) is 0 Å². The summed E-state index contributed by atoms with van der Waals surface area (Å²) in [6, 6.07) is 12.0. The second kappa shape index (κ2) is 7.58. The number of aromatic nitrogens is 2. The maximum Gasteiger partial charge on any atom is 0.317 e. The molecule has 1 saturated heterocycles. The number of hydrogen-bond donors (Lipinski definition) is 1. The predicted octanol–water partition coefficient (Wildman–Crippen LogP) is 2.23. The van der Waals surface area contributed by atoms with Gasteiger partial charge in [-0.05, 0) is 11.6 Å². The molecule has 23 heavy (non-hydrogen) atoms. The molecule has 2 aromatic rings. The lowest BCUT2D eigenvalue weighted by Gasteiger charge is -2.31. The zero-order valence-corrected chi connectivity index (χ0v) is 12.9. The van der Waals surface area contributed by atoms with Gasteiger partial charge in [0.1, 0.15) is 6.10 Å². The normalized spacial score (nSPS) is 15.2. The first-order valence-corrected chi connectivity index (χ1v) is 7.81. The molecule has 0 spiro atoms. The molecular formula is C17H20N4O2. The van der Waals surface area contributed by atoms with Crippen LogP contribution in [0.25, 0.3) is 0 Å². The van der Waals surface area contributed by atoms with Gasteiger partial charge in [-0.1, -0.05) is 30.3 Å². The zero-order valence-electron chi connectivity index (χ0n) is 12.9. The summed E-state index contributed by atoms with van der Waals surface area (Å²) in [5.74, 6) is 0. The average Bonchev–Trinajstić information content (AvgIpc) is 2.62. The molecular weight excluding hydrogens is 292 g/mol. The molecule has 6 heteroatoms. The van der Waals surface area contributed by atoms with Gasteiger partial charge >= 0.3 is 12.0 Å². The summed E-state index contributed by atoms with van der Waals surface area (Å²) >= 11 is 0. The molecule has 0 unspecified atom stereocenters. The van der Waals surface area contributed by atoms with Crippen molar-refractivity contribution in [3.8, 4) is 6.01 Å². The van der Waals surface area contributed by atoms with E-state index in [2.05, 4.69) is 15.3 Å². The third-order valence-corrected chi connectivity index (χ3v) is 3.83. The van der Waals surface area contributed by atoms with Crippen molar-refractivity contribution in [1.29, 1.82) is 0 Å². The molecule has 1 aliphatic rings. The Hall–Kier alpha value is -2.63. The van der Waals surface area contributed by atoms with E-state index in [1.165, 1.54) is 0 Å². The van der Waals surface area contributed by atoms with Gasteiger partial charge in [0.2, 0.25) is 0 Å². The fraction of sp³-hybridized carbons (Fsp3) is 0.353. The van der Waals surface area contributed by atoms with Gasteiger partial charge in [0, 0.05) is 44.9 Å². The van der Waals surface area contributed by atoms with E-state index in [4.69, 9.17) is 4.74 Å². The molecule has 1 aliphatic heterocycles. The van der Waals surface area contributed by atoms with Gasteiger partial charge in [0.25, 0.3) is 0 Å². The van der Waals surface area contributed by atoms with E-state index in [1.807, 2.05) is 35.2 Å². The fourth-order valence-corrected chi connectivity index (χ4v) is 2.56. The Bertz CT molecular complexity index is 613. The molecule has 0 saturated carbocycles. The number of rotatable bonds is 4. The van der Waals surface area contributed by atoms with Crippen molar-refractivity contribution in [2.75, 3.05) is 13.1 Å². The number of carbonyl (C=O) groups excluding carboxylic acids is 1. The Kier molecular flexibility index (Phi) is 5.03. The van der Waals surface area contributed by atoms with Gasteiger partial charge in [-0.2, -0.15) is 0 Å². The molecule has 1 fully saturated rings. The number of benzene rings is 1. The van der Waals surface area contributed by atoms with Crippen molar-refractivity contribution in [3.63, 3.8) is 0 Å². The van der Waals surface area contributed by atoms with Gasteiger partial charge in [-0.3, -0.25) is 0 Å². The molecule has 2 heterocycles. The minimum Gasteiger partial charge on any atom is -0.460 e. The van der Waals surface area contributed by atoms with Gasteiger partial charge in [-0.25, -0.2) is 14.8 Å². The van der Waals surface area contributed by atoms with Gasteiger partial charge < -0.3 is 15.0 Å². The summed E-state index contributed by atoms with van der Waals surface area (Å²) in [4.78, 5) is 22.1. The first-order chi connectivity index (χ1) is 11.3. The minimum absolute atomic E-state index is 0.0248. The first kappa shape index (κ1) is 15.3. The number of hydrogen-bond acceptors (Lipinski definition) is 4. The lowest BCUT2D eigenvalue weighted by Crippen LogP contribution is -2.46. The Morgan fingerprint density at radius 2 is 1.83 bits per heavy atom. The van der Waals surface area contributed by atoms with Crippen LogP contribution in [-0.4, -0.2) is 40.1 Å². The average molecular weight is 312 g/mol. The number of urea groups is 1. The molecule has 1 N–H and O–H groups in total. The number of ether oxygens (including phenoxy) is 1. The topological polar surface area (TPSA) is 67.4 Å². The fourth-order valence-electron chi connectivity index (χ4n) is 2.56. The summed E-state index contributed by atoms with van der Waals surface area (Å²) in [7, 11) is 0. The van der Waals surface area contributed by atoms with Crippen LogP contribution in [0.3, 0.4) is 0 Å². The van der Waals surface area contributed by atoms with Gasteiger partial charge in [-0.15, -0.1) is 0 Å². The van der Waals surface area contributed by atoms with Crippen molar-refractivity contribution in [1.82, 2.24) is 20.2 Å². The Labute approximate surface area is 135 Å². The summed E-state index contributed by atoms with van der Waals surface area (Å²) < 4.78 is 5.73. The minimum atomic E-state index is -0.0248. The van der Waals surface area contributed by atoms with Crippen LogP contribution in [0.5, 0.6) is 6.01 Å². The van der Waals surface area contributed by atoms with Crippen LogP contribution in [0, 0.1) is 0 Å². The van der Waals surface area contributed by atoms with Crippen molar-refractivity contribution < 1.29 is 9.53 Å². The van der Waals surface area contributed by atoms with E-state index in [-0.39, 0.29) is 12.1 Å². The monoisotopic (exact) mass is 312 g/mol. The SMILES string of the molecule is O=C(NCc1ccccc1)N1CCC(Oc2ncccn2)CC1. The summed E-state index contributed by atoms with van der Waals surface area (Å²) in [5.41, 5.74) is 1.10. The van der Waals surface area contributed by atoms with E-state index >= 15 is 0 Å². The Morgan fingerprint density at radius 3 is 2.52 bits per heavy atom. The molecule has 1 aromatic heterocycles. The van der Waals surface area contributed by atoms with Crippen molar-refractivity contribution in [2.45, 2.75) is 25.5 Å². The quantitative estimate of drug-likeness (QED) is 0.940. The lowest BCUT2D eigenvalue weighted by molar-refractivity contribution is 0.103. The van der Waals surface area contributed by atoms with Crippen LogP contribution in [0.4, 0.5) is 4.79 Å². The van der Waals surface area contributed by atoms with Crippen molar-refractivity contribution in [3.05, 3.63) is 54.4 Å². The number of likely N-dealkylation sites (tertiary alicyclic amines) is 1. The summed E-state index contributed by atoms with van der Waals surface area (Å²) in [6.45, 7) is 1.91. The number of amides is 2. The highest BCUT2D eigenvalue weighted by Crippen LogP contribution is 2.15. The number of nitrogens with one attached hydrogen (secondary N) is 1. The van der Waals surface area contributed by atoms with E-state index in [1.54, 1.807) is 18.5 Å². The molecule has 0 bridgehead atoms. The van der Waals surface area contributed by atoms with Crippen LogP contribution in [-0.2, 0) is 6.54 Å². The van der Waals surface area contributed by atoms with E-state index in [9.17, 15) is 4.79 Å². The number of piperidine rings is 1. The van der Waals surface area contributed by atoms with Gasteiger partial charge in [0.15, 0.2) is 0 Å². The molecule has 6 nitrogen and oxygen atoms in total. The van der Waals surface area contributed by atoms with Crippen LogP contribution < -0.4 is 10.1 Å². The van der Waals surface area contributed by atoms with Crippen molar-refractivity contribution >= 4 is 6.03 Å². The first-order valence-electron chi connectivity index (χ1n) is 7.81. The third kappa shape index (κ3) is 4.42. The predicted molar refractivity (Wildman–Crippen MR) is 85.9 cm³/mol. The second-order valence-electron chi connectivity index (χ2n) is 5.48. The number of nitrogens with zero attached hydrogens (tertiary/aromatic N) is 3. The van der Waals surface area contributed by atoms with E-state index in [0.29, 0.717) is 25.6 Å². The largest absolute Gasteiger partial charge is 0.460 e. The molecule has 0 atom stereocenters. The van der Waals surface area contributed by atoms with E-state index in [0.717, 1.165) is 18.4 Å². The maximum atomic E-state index is 12.2. The molecule has 2 amide bonds. The zero-order chi connectivity index (χ0) is 15.9. The molecule has 0 aliphatic carbocycles. The van der Waals surface area contributed by atoms with Crippen LogP contribution in [0.15, 0.2) is 48.8 Å². The van der Waals surface area contributed by atoms with Crippen LogP contribution >= 0.6 is 0 Å². The molecule has 120 valence electrons. The third-order valence-electron chi connectivity index (χ3n) is 3.83. The highest BCUT2D eigenvalue weighted by molar-refractivity contribution is 5.74. The molecule has 3 rings (SSSR count). The maximum absolute atomic E-state index is 12.2. The number of carbonyl (C=O) groups is 1. The lowest BCUT2D eigenvalue weighted by atomic mass is 10.1. The van der Waals surface area contributed by atoms with E-state index < -0.39 is 0 Å². The van der Waals surface area contributed by atoms with Crippen LogP contribution in [0.2, 0.25) is 0 Å². The Balaban J connectivity index is 1.42. The molecule has 0 radical (unpaired) electrons. The molecule has 1 aromatic carbocycles. The van der Waals surface area contributed by atoms with Crippen molar-refractivity contribution in [2.24, 2.45) is 0 Å². The Morgan fingerprint density at radius 1 is 1.13 bits per heavy atom. The second-order valence-corrected chi connectivity index (χ2v) is 5.48. The summed E-state index contributed by atoms with van der Waals surface area (Å²) in [6.07, 6.45) is 4.97. The summed E-state index contributed by atoms with van der Waals surface area (Å²) in [5, 5.41) is 2.95. The standard InChI is InChI=1S/C17H20N4O2/c22-17(20-13-14-5-2-1-3-6-14)21-11-7-15(8-12-21)23-16-18-9-4-10-19-16/h1-6,9-10,15H,7-8,11-13H2,(H,20,22). The highest BCUT2D eigenvalue weighted by Gasteiger charge is 2.24. The highest BCUT2D eigenvalue weighted by atomic mass is 16.5. The smallest absolute Gasteiger partial charge is 0.317 e.